The lowest BCUT2D eigenvalue weighted by molar-refractivity contribution is -0.140. The summed E-state index contributed by atoms with van der Waals surface area (Å²) in [6, 6.07) is 10.7. The van der Waals surface area contributed by atoms with E-state index in [4.69, 9.17) is 19.4 Å². The normalized spacial score (nSPS) is 24.8. The summed E-state index contributed by atoms with van der Waals surface area (Å²) in [6.45, 7) is 7.74. The molecule has 2 aliphatic heterocycles. The fraction of sp³-hybridized carbons (Fsp3) is 0.500. The minimum absolute atomic E-state index is 0.0343. The van der Waals surface area contributed by atoms with Gasteiger partial charge in [0.1, 0.15) is 45.9 Å². The van der Waals surface area contributed by atoms with Gasteiger partial charge in [-0.2, -0.15) is 0 Å². The van der Waals surface area contributed by atoms with Crippen molar-refractivity contribution in [2.24, 2.45) is 5.92 Å². The number of allylic oxidation sites excluding steroid dienone is 1. The fourth-order valence-electron chi connectivity index (χ4n) is 8.80. The topological polar surface area (TPSA) is 189 Å². The Morgan fingerprint density at radius 2 is 1.83 bits per heavy atom. The smallest absolute Gasteiger partial charge is 0.259 e. The van der Waals surface area contributed by atoms with Crippen LogP contribution in [0, 0.1) is 12.8 Å². The van der Waals surface area contributed by atoms with E-state index >= 15 is 4.79 Å². The molecule has 4 heterocycles. The lowest BCUT2D eigenvalue weighted by Gasteiger charge is -2.30. The maximum absolute atomic E-state index is 15.1. The predicted molar refractivity (Wildman–Crippen MR) is 251 cm³/mol. The van der Waals surface area contributed by atoms with Gasteiger partial charge in [0.15, 0.2) is 0 Å². The van der Waals surface area contributed by atoms with Crippen molar-refractivity contribution in [2.75, 3.05) is 33.1 Å². The summed E-state index contributed by atoms with van der Waals surface area (Å²) in [4.78, 5) is 70.0. The molecule has 0 bridgehead atoms. The van der Waals surface area contributed by atoms with Gasteiger partial charge < -0.3 is 29.9 Å². The Bertz CT molecular complexity index is 2660. The largest absolute Gasteiger partial charge is 0.496 e. The number of aryl methyl sites for hydroxylation is 1. The van der Waals surface area contributed by atoms with Crippen LogP contribution in [0.1, 0.15) is 106 Å². The maximum Gasteiger partial charge on any atom is 0.259 e. The van der Waals surface area contributed by atoms with Crippen LogP contribution >= 0.6 is 11.3 Å². The molecule has 2 aliphatic carbocycles. The standard InChI is InChI=1S/C48H59N7O8S2/c1-28(2)37-27-64-43(51-37)36-24-40(34-18-19-39(62-7)29(3)41(34)50-36)63-33-23-38-42(56)52-48(46(59)53-65(60,61)47(4)20-21-47)25-31(48)15-11-9-8-10-12-17-35(45(58)55(38)26-33)49-32-16-13-14-30(22-32)44(57)54(5)6/h11,13-16,18-19,22,24,27-28,31,33,35,38,49H,8-10,12,17,20-21,23,25-26H2,1-7H3,(H,52,56)(H,53,59)/b15-11-/t31-,33-,35+,38+,48-/m1/s1. The first-order valence-electron chi connectivity index (χ1n) is 22.5. The third kappa shape index (κ3) is 9.31. The Labute approximate surface area is 384 Å². The van der Waals surface area contributed by atoms with Crippen molar-refractivity contribution in [1.29, 1.82) is 0 Å². The molecule has 1 saturated heterocycles. The Morgan fingerprint density at radius 3 is 2.54 bits per heavy atom. The van der Waals surface area contributed by atoms with Crippen LogP contribution < -0.4 is 24.8 Å². The number of rotatable bonds is 11. The minimum atomic E-state index is -4.01. The lowest BCUT2D eigenvalue weighted by atomic mass is 10.0. The number of hydrogen-bond donors (Lipinski definition) is 3. The van der Waals surface area contributed by atoms with Crippen LogP contribution in [0.4, 0.5) is 5.69 Å². The van der Waals surface area contributed by atoms with E-state index in [0.29, 0.717) is 71.5 Å². The number of nitrogens with zero attached hydrogens (tertiary/aromatic N) is 4. The third-order valence-electron chi connectivity index (χ3n) is 13.3. The summed E-state index contributed by atoms with van der Waals surface area (Å²) in [5.41, 5.74) is 2.54. The fourth-order valence-corrected chi connectivity index (χ4v) is 11.1. The number of carbonyl (C=O) groups is 4. The van der Waals surface area contributed by atoms with Crippen LogP contribution in [0.25, 0.3) is 21.6 Å². The summed E-state index contributed by atoms with van der Waals surface area (Å²) in [7, 11) is 0.951. The molecule has 5 atom stereocenters. The van der Waals surface area contributed by atoms with Crippen molar-refractivity contribution in [3.63, 3.8) is 0 Å². The summed E-state index contributed by atoms with van der Waals surface area (Å²) >= 11 is 1.49. The number of nitrogens with one attached hydrogen (secondary N) is 3. The molecule has 4 amide bonds. The van der Waals surface area contributed by atoms with Gasteiger partial charge in [0.2, 0.25) is 21.8 Å². The first-order chi connectivity index (χ1) is 30.9. The summed E-state index contributed by atoms with van der Waals surface area (Å²) < 4.78 is 40.5. The van der Waals surface area contributed by atoms with Crippen LogP contribution in [0.3, 0.4) is 0 Å². The number of pyridine rings is 1. The lowest BCUT2D eigenvalue weighted by Crippen LogP contribution is -2.58. The van der Waals surface area contributed by atoms with E-state index in [0.717, 1.165) is 29.1 Å². The third-order valence-corrected chi connectivity index (χ3v) is 16.4. The zero-order valence-electron chi connectivity index (χ0n) is 38.1. The number of ether oxygens (including phenoxy) is 2. The van der Waals surface area contributed by atoms with Crippen molar-refractivity contribution in [2.45, 2.75) is 120 Å². The number of hydrogen-bond acceptors (Lipinski definition) is 12. The van der Waals surface area contributed by atoms with Crippen LogP contribution in [-0.2, 0) is 24.4 Å². The van der Waals surface area contributed by atoms with Crippen LogP contribution in [0.2, 0.25) is 0 Å². The van der Waals surface area contributed by atoms with Gasteiger partial charge >= 0.3 is 0 Å². The number of methoxy groups -OCH3 is 1. The van der Waals surface area contributed by atoms with E-state index in [1.165, 1.54) is 21.1 Å². The van der Waals surface area contributed by atoms with Gasteiger partial charge in [-0.25, -0.2) is 18.4 Å². The first kappa shape index (κ1) is 46.0. The molecule has 346 valence electrons. The molecule has 65 heavy (non-hydrogen) atoms. The minimum Gasteiger partial charge on any atom is -0.496 e. The second kappa shape index (κ2) is 18.0. The molecular weight excluding hydrogens is 867 g/mol. The highest BCUT2D eigenvalue weighted by atomic mass is 32.2. The molecule has 15 nitrogen and oxygen atoms in total. The Hall–Kier alpha value is -5.55. The van der Waals surface area contributed by atoms with E-state index in [-0.39, 0.29) is 37.1 Å². The molecule has 3 N–H and O–H groups in total. The van der Waals surface area contributed by atoms with E-state index in [1.807, 2.05) is 48.7 Å². The molecule has 2 aromatic carbocycles. The zero-order chi connectivity index (χ0) is 46.4. The molecule has 4 aromatic rings. The van der Waals surface area contributed by atoms with Gasteiger partial charge in [-0.15, -0.1) is 11.3 Å². The van der Waals surface area contributed by atoms with Gasteiger partial charge in [0.05, 0.1) is 29.6 Å². The van der Waals surface area contributed by atoms with Gasteiger partial charge in [0, 0.05) is 60.1 Å². The number of benzene rings is 2. The number of anilines is 1. The molecule has 0 spiro atoms. The molecular formula is C48H59N7O8S2. The molecule has 3 fully saturated rings. The van der Waals surface area contributed by atoms with Crippen molar-refractivity contribution in [3.8, 4) is 22.2 Å². The number of aromatic nitrogens is 2. The summed E-state index contributed by atoms with van der Waals surface area (Å²) in [5, 5.41) is 9.85. The molecule has 2 saturated carbocycles. The molecule has 17 heteroatoms. The maximum atomic E-state index is 15.1. The molecule has 2 aromatic heterocycles. The Morgan fingerprint density at radius 1 is 1.05 bits per heavy atom. The molecule has 0 radical (unpaired) electrons. The van der Waals surface area contributed by atoms with Gasteiger partial charge in [-0.05, 0) is 88.6 Å². The van der Waals surface area contributed by atoms with E-state index < -0.39 is 56.2 Å². The predicted octanol–water partition coefficient (Wildman–Crippen LogP) is 6.72. The van der Waals surface area contributed by atoms with Gasteiger partial charge in [-0.1, -0.05) is 44.9 Å². The van der Waals surface area contributed by atoms with Gasteiger partial charge in [0.25, 0.3) is 11.8 Å². The van der Waals surface area contributed by atoms with Crippen molar-refractivity contribution in [1.82, 2.24) is 29.8 Å². The summed E-state index contributed by atoms with van der Waals surface area (Å²) in [6.07, 6.45) is 7.87. The van der Waals surface area contributed by atoms with E-state index in [9.17, 15) is 22.8 Å². The van der Waals surface area contributed by atoms with Crippen molar-refractivity contribution < 1.29 is 37.1 Å². The number of thiazole rings is 1. The highest BCUT2D eigenvalue weighted by Gasteiger charge is 2.63. The Kier molecular flexibility index (Phi) is 12.8. The van der Waals surface area contributed by atoms with Crippen LogP contribution in [0.5, 0.6) is 11.5 Å². The highest BCUT2D eigenvalue weighted by Crippen LogP contribution is 2.48. The summed E-state index contributed by atoms with van der Waals surface area (Å²) in [5.74, 6) is -0.953. The van der Waals surface area contributed by atoms with Crippen LogP contribution in [-0.4, -0.2) is 108 Å². The molecule has 0 unspecified atom stereocenters. The Balaban J connectivity index is 1.16. The SMILES string of the molecule is COc1ccc2c(O[C@@H]3C[C@H]4C(=O)N[C@]5(C(=O)NS(=O)(=O)C6(C)CC6)C[C@H]5/C=C\CCCCC[C@H](Nc5cccc(C(=O)N(C)C)c5)C(=O)N4C3)cc(-c3nc(C(C)C)cs3)nc2c1C. The highest BCUT2D eigenvalue weighted by molar-refractivity contribution is 7.91. The molecule has 4 aliphatic rings. The first-order valence-corrected chi connectivity index (χ1v) is 24.8. The van der Waals surface area contributed by atoms with E-state index in [1.54, 1.807) is 46.3 Å². The average Bonchev–Trinajstić information content (AvgIpc) is 4.05. The second-order valence-corrected chi connectivity index (χ2v) is 21.8. The number of sulfonamides is 1. The second-order valence-electron chi connectivity index (χ2n) is 18.7. The zero-order valence-corrected chi connectivity index (χ0v) is 39.7. The van der Waals surface area contributed by atoms with Gasteiger partial charge in [-0.3, -0.25) is 23.9 Å². The quantitative estimate of drug-likeness (QED) is 0.136. The number of amides is 4. The monoisotopic (exact) mass is 925 g/mol. The molecule has 8 rings (SSSR count). The van der Waals surface area contributed by atoms with Crippen molar-refractivity contribution in [3.05, 3.63) is 76.8 Å². The van der Waals surface area contributed by atoms with E-state index in [2.05, 4.69) is 29.2 Å². The average molecular weight is 926 g/mol. The van der Waals surface area contributed by atoms with Crippen LogP contribution in [0.15, 0.2) is 60.0 Å². The number of carbonyl (C=O) groups excluding carboxylic acids is 4. The number of fused-ring (bicyclic) bond motifs is 3. The van der Waals surface area contributed by atoms with Crippen molar-refractivity contribution >= 4 is 61.6 Å².